The van der Waals surface area contributed by atoms with E-state index in [1.165, 1.54) is 36.9 Å². The summed E-state index contributed by atoms with van der Waals surface area (Å²) in [6.45, 7) is 0.254. The lowest BCUT2D eigenvalue weighted by Crippen LogP contribution is -2.30. The first-order valence-corrected chi connectivity index (χ1v) is 9.62. The predicted molar refractivity (Wildman–Crippen MR) is 98.9 cm³/mol. The van der Waals surface area contributed by atoms with Gasteiger partial charge in [0.1, 0.15) is 5.76 Å². The minimum Gasteiger partial charge on any atom is -0.493 e. The Kier molecular flexibility index (Phi) is 5.78. The fourth-order valence-electron chi connectivity index (χ4n) is 2.62. The summed E-state index contributed by atoms with van der Waals surface area (Å²) in [5.41, 5.74) is 0.771. The summed E-state index contributed by atoms with van der Waals surface area (Å²) in [7, 11) is -0.862. The number of benzene rings is 1. The molecular formula is C19H20N2O5S. The number of aromatic nitrogens is 1. The summed E-state index contributed by atoms with van der Waals surface area (Å²) in [4.78, 5) is 4.17. The van der Waals surface area contributed by atoms with E-state index in [1.807, 2.05) is 6.07 Å². The van der Waals surface area contributed by atoms with Gasteiger partial charge in [0.05, 0.1) is 31.9 Å². The highest BCUT2D eigenvalue weighted by molar-refractivity contribution is 7.89. The highest BCUT2D eigenvalue weighted by Crippen LogP contribution is 2.31. The molecule has 0 aliphatic carbocycles. The van der Waals surface area contributed by atoms with Crippen LogP contribution in [0.4, 0.5) is 0 Å². The molecule has 0 fully saturated rings. The van der Waals surface area contributed by atoms with Crippen molar-refractivity contribution in [3.05, 3.63) is 72.4 Å². The van der Waals surface area contributed by atoms with E-state index in [0.717, 1.165) is 5.56 Å². The zero-order valence-corrected chi connectivity index (χ0v) is 15.8. The normalized spacial score (nSPS) is 11.5. The van der Waals surface area contributed by atoms with E-state index >= 15 is 0 Å². The molecule has 0 atom stereocenters. The molecule has 3 rings (SSSR count). The van der Waals surface area contributed by atoms with Gasteiger partial charge in [-0.25, -0.2) is 8.42 Å². The van der Waals surface area contributed by atoms with Crippen LogP contribution in [0.3, 0.4) is 0 Å². The Morgan fingerprint density at radius 1 is 1.04 bits per heavy atom. The number of ether oxygens (including phenoxy) is 2. The SMILES string of the molecule is COc1ccc(S(=O)(=O)N(Cc2cccnc2)Cc2ccco2)cc1OC. The van der Waals surface area contributed by atoms with Crippen molar-refractivity contribution in [1.82, 2.24) is 9.29 Å². The molecule has 1 aromatic carbocycles. The summed E-state index contributed by atoms with van der Waals surface area (Å²) < 4.78 is 43.7. The van der Waals surface area contributed by atoms with Crippen LogP contribution >= 0.6 is 0 Å². The topological polar surface area (TPSA) is 81.9 Å². The van der Waals surface area contributed by atoms with Gasteiger partial charge in [-0.3, -0.25) is 4.98 Å². The van der Waals surface area contributed by atoms with Crippen molar-refractivity contribution in [1.29, 1.82) is 0 Å². The number of furan rings is 1. The highest BCUT2D eigenvalue weighted by Gasteiger charge is 2.27. The molecule has 2 aromatic heterocycles. The maximum absolute atomic E-state index is 13.3. The molecule has 8 heteroatoms. The van der Waals surface area contributed by atoms with Crippen LogP contribution in [0.25, 0.3) is 0 Å². The number of hydrogen-bond donors (Lipinski definition) is 0. The first-order valence-electron chi connectivity index (χ1n) is 8.18. The van der Waals surface area contributed by atoms with Crippen LogP contribution in [0.5, 0.6) is 11.5 Å². The van der Waals surface area contributed by atoms with Crippen molar-refractivity contribution in [2.75, 3.05) is 14.2 Å². The van der Waals surface area contributed by atoms with Gasteiger partial charge in [-0.15, -0.1) is 0 Å². The van der Waals surface area contributed by atoms with E-state index in [9.17, 15) is 8.42 Å². The Balaban J connectivity index is 1.98. The number of rotatable bonds is 8. The average molecular weight is 388 g/mol. The van der Waals surface area contributed by atoms with Gasteiger partial charge >= 0.3 is 0 Å². The number of pyridine rings is 1. The second-order valence-corrected chi connectivity index (χ2v) is 7.67. The van der Waals surface area contributed by atoms with Crippen LogP contribution in [-0.2, 0) is 23.1 Å². The highest BCUT2D eigenvalue weighted by atomic mass is 32.2. The maximum Gasteiger partial charge on any atom is 0.243 e. The van der Waals surface area contributed by atoms with Crippen molar-refractivity contribution >= 4 is 10.0 Å². The molecule has 3 aromatic rings. The van der Waals surface area contributed by atoms with Crippen LogP contribution in [0, 0.1) is 0 Å². The molecule has 0 radical (unpaired) electrons. The van der Waals surface area contributed by atoms with Crippen molar-refractivity contribution in [2.24, 2.45) is 0 Å². The summed E-state index contributed by atoms with van der Waals surface area (Å²) in [5.74, 6) is 1.35. The number of sulfonamides is 1. The fourth-order valence-corrected chi connectivity index (χ4v) is 4.03. The van der Waals surface area contributed by atoms with Crippen molar-refractivity contribution in [2.45, 2.75) is 18.0 Å². The molecule has 142 valence electrons. The van der Waals surface area contributed by atoms with Gasteiger partial charge in [-0.2, -0.15) is 4.31 Å². The Morgan fingerprint density at radius 3 is 2.48 bits per heavy atom. The third-order valence-corrected chi connectivity index (χ3v) is 5.77. The largest absolute Gasteiger partial charge is 0.493 e. The van der Waals surface area contributed by atoms with Gasteiger partial charge in [-0.05, 0) is 35.9 Å². The standard InChI is InChI=1S/C19H20N2O5S/c1-24-18-8-7-17(11-19(18)25-2)27(22,23)21(14-16-6-4-10-26-16)13-15-5-3-9-20-12-15/h3-12H,13-14H2,1-2H3. The van der Waals surface area contributed by atoms with Gasteiger partial charge in [-0.1, -0.05) is 6.07 Å². The van der Waals surface area contributed by atoms with E-state index in [0.29, 0.717) is 17.3 Å². The third kappa shape index (κ3) is 4.29. The zero-order valence-electron chi connectivity index (χ0n) is 15.0. The Morgan fingerprint density at radius 2 is 1.85 bits per heavy atom. The lowest BCUT2D eigenvalue weighted by Gasteiger charge is -2.22. The molecule has 7 nitrogen and oxygen atoms in total. The summed E-state index contributed by atoms with van der Waals surface area (Å²) >= 11 is 0. The van der Waals surface area contributed by atoms with Crippen LogP contribution in [0.1, 0.15) is 11.3 Å². The van der Waals surface area contributed by atoms with Crippen molar-refractivity contribution in [3.63, 3.8) is 0 Å². The minimum atomic E-state index is -3.82. The van der Waals surface area contributed by atoms with Crippen LogP contribution in [0.15, 0.2) is 70.4 Å². The number of nitrogens with zero attached hydrogens (tertiary/aromatic N) is 2. The van der Waals surface area contributed by atoms with Gasteiger partial charge < -0.3 is 13.9 Å². The van der Waals surface area contributed by atoms with E-state index in [2.05, 4.69) is 4.98 Å². The fraction of sp³-hybridized carbons (Fsp3) is 0.211. The van der Waals surface area contributed by atoms with E-state index in [1.54, 1.807) is 36.7 Å². The van der Waals surface area contributed by atoms with Gasteiger partial charge in [0.2, 0.25) is 10.0 Å². The smallest absolute Gasteiger partial charge is 0.243 e. The molecule has 0 aliphatic rings. The first-order chi connectivity index (χ1) is 13.0. The molecule has 0 saturated heterocycles. The predicted octanol–water partition coefficient (Wildman–Crippen LogP) is 3.08. The van der Waals surface area contributed by atoms with Crippen LogP contribution in [0.2, 0.25) is 0 Å². The molecule has 0 amide bonds. The molecule has 27 heavy (non-hydrogen) atoms. The summed E-state index contributed by atoms with van der Waals surface area (Å²) in [6.07, 6.45) is 4.79. The van der Waals surface area contributed by atoms with E-state index in [-0.39, 0.29) is 18.0 Å². The molecule has 0 unspecified atom stereocenters. The minimum absolute atomic E-state index is 0.0958. The Hall–Kier alpha value is -2.84. The summed E-state index contributed by atoms with van der Waals surface area (Å²) in [6, 6.07) is 11.6. The Bertz CT molecular complexity index is 973. The van der Waals surface area contributed by atoms with Crippen LogP contribution < -0.4 is 9.47 Å². The molecule has 0 aliphatic heterocycles. The van der Waals surface area contributed by atoms with E-state index in [4.69, 9.17) is 13.9 Å². The zero-order chi connectivity index (χ0) is 19.3. The number of methoxy groups -OCH3 is 2. The van der Waals surface area contributed by atoms with Crippen LogP contribution in [-0.4, -0.2) is 31.9 Å². The maximum atomic E-state index is 13.3. The monoisotopic (exact) mass is 388 g/mol. The molecular weight excluding hydrogens is 368 g/mol. The number of hydrogen-bond acceptors (Lipinski definition) is 6. The molecule has 2 heterocycles. The van der Waals surface area contributed by atoms with Gasteiger partial charge in [0, 0.05) is 25.0 Å². The first kappa shape index (κ1) is 18.9. The van der Waals surface area contributed by atoms with Crippen molar-refractivity contribution < 1.29 is 22.3 Å². The van der Waals surface area contributed by atoms with E-state index < -0.39 is 10.0 Å². The van der Waals surface area contributed by atoms with Crippen molar-refractivity contribution in [3.8, 4) is 11.5 Å². The lowest BCUT2D eigenvalue weighted by molar-refractivity contribution is 0.350. The summed E-state index contributed by atoms with van der Waals surface area (Å²) in [5, 5.41) is 0. The molecule has 0 spiro atoms. The second-order valence-electron chi connectivity index (χ2n) is 5.73. The second kappa shape index (κ2) is 8.24. The molecule has 0 saturated carbocycles. The lowest BCUT2D eigenvalue weighted by atomic mass is 10.3. The third-order valence-electron chi connectivity index (χ3n) is 3.99. The molecule has 0 bridgehead atoms. The van der Waals surface area contributed by atoms with Gasteiger partial charge in [0.15, 0.2) is 11.5 Å². The molecule has 0 N–H and O–H groups in total. The van der Waals surface area contributed by atoms with Gasteiger partial charge in [0.25, 0.3) is 0 Å². The average Bonchev–Trinajstić information content (AvgIpc) is 3.21. The quantitative estimate of drug-likeness (QED) is 0.590. The Labute approximate surface area is 158 Å².